The van der Waals surface area contributed by atoms with E-state index in [1.165, 1.54) is 6.33 Å². The second kappa shape index (κ2) is 7.98. The average molecular weight is 434 g/mol. The monoisotopic (exact) mass is 433 g/mol. The van der Waals surface area contributed by atoms with Crippen LogP contribution in [0.15, 0.2) is 42.7 Å². The van der Waals surface area contributed by atoms with Crippen LogP contribution in [0.4, 0.5) is 23.0 Å². The Labute approximate surface area is 174 Å². The number of hydrogen-bond acceptors (Lipinski definition) is 8. The first-order valence-electron chi connectivity index (χ1n) is 8.35. The molecule has 2 heterocycles. The number of nitrogens with one attached hydrogen (secondary N) is 2. The van der Waals surface area contributed by atoms with Gasteiger partial charge in [0.2, 0.25) is 18.4 Å². The van der Waals surface area contributed by atoms with Crippen LogP contribution < -0.4 is 20.1 Å². The van der Waals surface area contributed by atoms with E-state index in [1.807, 2.05) is 6.07 Å². The van der Waals surface area contributed by atoms with Crippen LogP contribution >= 0.6 is 23.2 Å². The van der Waals surface area contributed by atoms with Gasteiger partial charge in [0, 0.05) is 11.6 Å². The molecule has 11 heteroatoms. The van der Waals surface area contributed by atoms with Gasteiger partial charge in [-0.3, -0.25) is 10.1 Å². The second-order valence-corrected chi connectivity index (χ2v) is 6.81. The van der Waals surface area contributed by atoms with Gasteiger partial charge in [-0.05, 0) is 35.9 Å². The minimum Gasteiger partial charge on any atom is -0.454 e. The first-order chi connectivity index (χ1) is 14.0. The Hall–Kier alpha value is -3.30. The van der Waals surface area contributed by atoms with Gasteiger partial charge in [0.1, 0.15) is 6.33 Å². The zero-order valence-electron chi connectivity index (χ0n) is 14.7. The van der Waals surface area contributed by atoms with E-state index in [0.29, 0.717) is 27.2 Å². The van der Waals surface area contributed by atoms with Gasteiger partial charge >= 0.3 is 5.69 Å². The van der Waals surface area contributed by atoms with Crippen LogP contribution in [-0.2, 0) is 6.54 Å². The average Bonchev–Trinajstić information content (AvgIpc) is 3.17. The summed E-state index contributed by atoms with van der Waals surface area (Å²) in [6.07, 6.45) is 1.22. The van der Waals surface area contributed by atoms with Crippen molar-refractivity contribution in [1.82, 2.24) is 9.97 Å². The van der Waals surface area contributed by atoms with Crippen molar-refractivity contribution in [3.63, 3.8) is 0 Å². The maximum atomic E-state index is 11.7. The van der Waals surface area contributed by atoms with Crippen molar-refractivity contribution >= 4 is 46.2 Å². The van der Waals surface area contributed by atoms with Gasteiger partial charge in [-0.25, -0.2) is 9.97 Å². The van der Waals surface area contributed by atoms with Crippen LogP contribution in [0, 0.1) is 10.1 Å². The molecule has 0 spiro atoms. The summed E-state index contributed by atoms with van der Waals surface area (Å²) in [6, 6.07) is 10.2. The number of benzene rings is 2. The summed E-state index contributed by atoms with van der Waals surface area (Å²) in [4.78, 5) is 19.1. The molecule has 0 fully saturated rings. The molecule has 1 aromatic heterocycles. The molecule has 29 heavy (non-hydrogen) atoms. The van der Waals surface area contributed by atoms with Gasteiger partial charge < -0.3 is 20.1 Å². The quantitative estimate of drug-likeness (QED) is 0.421. The number of halogens is 2. The maximum absolute atomic E-state index is 11.7. The molecule has 1 aliphatic rings. The fourth-order valence-electron chi connectivity index (χ4n) is 2.73. The first kappa shape index (κ1) is 19.0. The molecule has 0 saturated heterocycles. The molecule has 9 nitrogen and oxygen atoms in total. The van der Waals surface area contributed by atoms with Gasteiger partial charge in [0.05, 0.1) is 15.6 Å². The molecule has 3 aromatic rings. The Kier molecular flexibility index (Phi) is 5.24. The summed E-state index contributed by atoms with van der Waals surface area (Å²) in [5.41, 5.74) is 0.918. The highest BCUT2D eigenvalue weighted by molar-refractivity contribution is 6.35. The van der Waals surface area contributed by atoms with Crippen LogP contribution in [0.3, 0.4) is 0 Å². The third-order valence-corrected chi connectivity index (χ3v) is 4.65. The number of anilines is 3. The standard InChI is InChI=1S/C18H13Cl2N5O4/c19-11-2-3-12(20)13(6-11)24-18-16(25(26)27)17(22-8-23-18)21-7-10-1-4-14-15(5-10)29-9-28-14/h1-6,8H,7,9H2,(H2,21,22,23,24). The molecule has 0 saturated carbocycles. The summed E-state index contributed by atoms with van der Waals surface area (Å²) in [6.45, 7) is 0.455. The maximum Gasteiger partial charge on any atom is 0.353 e. The first-order valence-corrected chi connectivity index (χ1v) is 9.11. The van der Waals surface area contributed by atoms with Crippen LogP contribution in [0.5, 0.6) is 11.5 Å². The van der Waals surface area contributed by atoms with Crippen molar-refractivity contribution < 1.29 is 14.4 Å². The highest BCUT2D eigenvalue weighted by Crippen LogP contribution is 2.35. The molecule has 2 aromatic carbocycles. The Morgan fingerprint density at radius 3 is 2.69 bits per heavy atom. The molecule has 4 rings (SSSR count). The van der Waals surface area contributed by atoms with Gasteiger partial charge in [-0.1, -0.05) is 29.3 Å². The van der Waals surface area contributed by atoms with Crippen molar-refractivity contribution in [2.24, 2.45) is 0 Å². The summed E-state index contributed by atoms with van der Waals surface area (Å²) in [5.74, 6) is 1.33. The van der Waals surface area contributed by atoms with Crippen LogP contribution in [0.25, 0.3) is 0 Å². The van der Waals surface area contributed by atoms with Gasteiger partial charge in [-0.2, -0.15) is 0 Å². The Bertz CT molecular complexity index is 1100. The third kappa shape index (κ3) is 4.10. The summed E-state index contributed by atoms with van der Waals surface area (Å²) >= 11 is 12.1. The normalized spacial score (nSPS) is 11.9. The SMILES string of the molecule is O=[N+]([O-])c1c(NCc2ccc3c(c2)OCO3)ncnc1Nc1cc(Cl)ccc1Cl. The van der Waals surface area contributed by atoms with Crippen molar-refractivity contribution in [3.05, 3.63) is 68.4 Å². The van der Waals surface area contributed by atoms with Gasteiger partial charge in [0.15, 0.2) is 11.5 Å². The van der Waals surface area contributed by atoms with E-state index >= 15 is 0 Å². The second-order valence-electron chi connectivity index (χ2n) is 5.97. The predicted molar refractivity (Wildman–Crippen MR) is 108 cm³/mol. The lowest BCUT2D eigenvalue weighted by Crippen LogP contribution is -2.08. The van der Waals surface area contributed by atoms with Crippen molar-refractivity contribution in [2.45, 2.75) is 6.54 Å². The molecule has 0 aliphatic carbocycles. The van der Waals surface area contributed by atoms with Crippen molar-refractivity contribution in [3.8, 4) is 11.5 Å². The van der Waals surface area contributed by atoms with E-state index in [2.05, 4.69) is 20.6 Å². The molecule has 148 valence electrons. The van der Waals surface area contributed by atoms with Crippen molar-refractivity contribution in [1.29, 1.82) is 0 Å². The van der Waals surface area contributed by atoms with Crippen molar-refractivity contribution in [2.75, 3.05) is 17.4 Å². The van der Waals surface area contributed by atoms with E-state index in [0.717, 1.165) is 5.56 Å². The van der Waals surface area contributed by atoms with E-state index in [-0.39, 0.29) is 30.7 Å². The zero-order valence-corrected chi connectivity index (χ0v) is 16.2. The number of nitrogens with zero attached hydrogens (tertiary/aromatic N) is 3. The highest BCUT2D eigenvalue weighted by Gasteiger charge is 2.24. The van der Waals surface area contributed by atoms with E-state index in [9.17, 15) is 10.1 Å². The minimum atomic E-state index is -0.567. The molecule has 1 aliphatic heterocycles. The molecule has 0 amide bonds. The van der Waals surface area contributed by atoms with Crippen LogP contribution in [0.1, 0.15) is 5.56 Å². The Morgan fingerprint density at radius 2 is 1.86 bits per heavy atom. The molecule has 0 unspecified atom stereocenters. The molecule has 2 N–H and O–H groups in total. The number of ether oxygens (including phenoxy) is 2. The lowest BCUT2D eigenvalue weighted by atomic mass is 10.2. The van der Waals surface area contributed by atoms with Crippen LogP contribution in [0.2, 0.25) is 10.0 Å². The fraction of sp³-hybridized carbons (Fsp3) is 0.111. The highest BCUT2D eigenvalue weighted by atomic mass is 35.5. The molecular formula is C18H13Cl2N5O4. The number of fused-ring (bicyclic) bond motifs is 1. The zero-order chi connectivity index (χ0) is 20.4. The lowest BCUT2D eigenvalue weighted by molar-refractivity contribution is -0.383. The summed E-state index contributed by atoms with van der Waals surface area (Å²) < 4.78 is 10.6. The summed E-state index contributed by atoms with van der Waals surface area (Å²) in [5, 5.41) is 18.3. The Balaban J connectivity index is 1.59. The largest absolute Gasteiger partial charge is 0.454 e. The lowest BCUT2D eigenvalue weighted by Gasteiger charge is -2.11. The van der Waals surface area contributed by atoms with E-state index in [4.69, 9.17) is 32.7 Å². The number of nitro groups is 1. The smallest absolute Gasteiger partial charge is 0.353 e. The number of aromatic nitrogens is 2. The molecule has 0 atom stereocenters. The van der Waals surface area contributed by atoms with Gasteiger partial charge in [-0.15, -0.1) is 0 Å². The fourth-order valence-corrected chi connectivity index (χ4v) is 3.07. The summed E-state index contributed by atoms with van der Waals surface area (Å²) in [7, 11) is 0. The minimum absolute atomic E-state index is 0.0117. The van der Waals surface area contributed by atoms with Gasteiger partial charge in [0.25, 0.3) is 0 Å². The topological polar surface area (TPSA) is 111 Å². The molecular weight excluding hydrogens is 421 g/mol. The number of hydrogen-bond donors (Lipinski definition) is 2. The van der Waals surface area contributed by atoms with E-state index in [1.54, 1.807) is 30.3 Å². The molecule has 0 radical (unpaired) electrons. The predicted octanol–water partition coefficient (Wildman–Crippen LogP) is 4.78. The third-order valence-electron chi connectivity index (χ3n) is 4.08. The Morgan fingerprint density at radius 1 is 1.07 bits per heavy atom. The number of rotatable bonds is 6. The van der Waals surface area contributed by atoms with E-state index < -0.39 is 4.92 Å². The van der Waals surface area contributed by atoms with Crippen LogP contribution in [-0.4, -0.2) is 21.7 Å². The molecule has 0 bridgehead atoms.